The largest absolute Gasteiger partial charge is 0.497 e. The Morgan fingerprint density at radius 3 is 2.48 bits per heavy atom. The molecule has 0 aliphatic heterocycles. The zero-order chi connectivity index (χ0) is 21.0. The van der Waals surface area contributed by atoms with E-state index < -0.39 is 17.6 Å². The second kappa shape index (κ2) is 8.74. The van der Waals surface area contributed by atoms with Crippen LogP contribution < -0.4 is 20.5 Å². The third kappa shape index (κ3) is 4.55. The van der Waals surface area contributed by atoms with E-state index in [1.807, 2.05) is 0 Å². The molecule has 1 heterocycles. The van der Waals surface area contributed by atoms with Crippen molar-refractivity contribution in [3.8, 4) is 22.8 Å². The molecule has 29 heavy (non-hydrogen) atoms. The normalized spacial score (nSPS) is 11.6. The van der Waals surface area contributed by atoms with Crippen molar-refractivity contribution in [1.82, 2.24) is 14.8 Å². The van der Waals surface area contributed by atoms with Gasteiger partial charge in [0.2, 0.25) is 5.91 Å². The van der Waals surface area contributed by atoms with Gasteiger partial charge in [0, 0.05) is 10.6 Å². The third-order valence-corrected chi connectivity index (χ3v) is 4.50. The van der Waals surface area contributed by atoms with Crippen molar-refractivity contribution in [3.05, 3.63) is 64.2 Å². The van der Waals surface area contributed by atoms with E-state index in [2.05, 4.69) is 15.4 Å². The quantitative estimate of drug-likeness (QED) is 0.665. The minimum atomic E-state index is -0.899. The second-order valence-electron chi connectivity index (χ2n) is 6.11. The van der Waals surface area contributed by atoms with Crippen LogP contribution in [0.5, 0.6) is 11.5 Å². The fourth-order valence-corrected chi connectivity index (χ4v) is 2.81. The highest BCUT2D eigenvalue weighted by atomic mass is 35.5. The first kappa shape index (κ1) is 20.3. The molecular formula is C20H19ClN4O4. The molecule has 3 rings (SSSR count). The Bertz CT molecular complexity index is 1080. The van der Waals surface area contributed by atoms with Crippen molar-refractivity contribution >= 4 is 23.2 Å². The number of ether oxygens (including phenoxy) is 2. The van der Waals surface area contributed by atoms with Crippen molar-refractivity contribution < 1.29 is 14.3 Å². The molecule has 0 saturated carbocycles. The Hall–Kier alpha value is -3.39. The number of nitrogens with zero attached hydrogens (tertiary/aromatic N) is 3. The van der Waals surface area contributed by atoms with E-state index in [0.29, 0.717) is 33.5 Å². The summed E-state index contributed by atoms with van der Waals surface area (Å²) in [5, 5.41) is 7.25. The Labute approximate surface area is 172 Å². The number of carbonyl (C=O) groups is 1. The number of aromatic nitrogens is 3. The molecule has 8 nitrogen and oxygen atoms in total. The average Bonchev–Trinajstić information content (AvgIpc) is 2.73. The van der Waals surface area contributed by atoms with Crippen molar-refractivity contribution in [2.45, 2.75) is 13.0 Å². The molecular weight excluding hydrogens is 396 g/mol. The van der Waals surface area contributed by atoms with Gasteiger partial charge in [-0.15, -0.1) is 0 Å². The average molecular weight is 415 g/mol. The van der Waals surface area contributed by atoms with Gasteiger partial charge < -0.3 is 14.8 Å². The summed E-state index contributed by atoms with van der Waals surface area (Å²) in [6.45, 7) is 1.55. The van der Waals surface area contributed by atoms with Crippen LogP contribution in [0.2, 0.25) is 5.02 Å². The molecule has 3 aromatic rings. The molecule has 150 valence electrons. The van der Waals surface area contributed by atoms with Crippen molar-refractivity contribution in [3.63, 3.8) is 0 Å². The van der Waals surface area contributed by atoms with Crippen LogP contribution in [0.3, 0.4) is 0 Å². The first-order valence-electron chi connectivity index (χ1n) is 8.67. The molecule has 0 spiro atoms. The van der Waals surface area contributed by atoms with Crippen LogP contribution in [0, 0.1) is 0 Å². The zero-order valence-corrected chi connectivity index (χ0v) is 16.8. The standard InChI is InChI=1S/C20H19ClN4O4/c1-12(19(26)23-16-10-14(21)6-9-18(16)29-3)25-20(27)24-17(11-22-25)13-4-7-15(28-2)8-5-13/h4-12H,1-3H3,(H,23,26). The SMILES string of the molecule is COc1ccc(-c2cnn(C(C)C(=O)Nc3cc(Cl)ccc3OC)c(=O)n2)cc1. The summed E-state index contributed by atoms with van der Waals surface area (Å²) in [5.74, 6) is 0.680. The molecule has 2 aromatic carbocycles. The van der Waals surface area contributed by atoms with Gasteiger partial charge in [-0.2, -0.15) is 10.1 Å². The number of hydrogen-bond donors (Lipinski definition) is 1. The lowest BCUT2D eigenvalue weighted by molar-refractivity contribution is -0.119. The predicted molar refractivity (Wildman–Crippen MR) is 110 cm³/mol. The Morgan fingerprint density at radius 2 is 1.86 bits per heavy atom. The fraction of sp³-hybridized carbons (Fsp3) is 0.200. The van der Waals surface area contributed by atoms with Crippen LogP contribution >= 0.6 is 11.6 Å². The maximum absolute atomic E-state index is 12.6. The lowest BCUT2D eigenvalue weighted by atomic mass is 10.1. The molecule has 0 radical (unpaired) electrons. The molecule has 0 aliphatic carbocycles. The van der Waals surface area contributed by atoms with Gasteiger partial charge >= 0.3 is 5.69 Å². The van der Waals surface area contributed by atoms with Gasteiger partial charge in [0.25, 0.3) is 0 Å². The van der Waals surface area contributed by atoms with Gasteiger partial charge in [-0.25, -0.2) is 9.48 Å². The van der Waals surface area contributed by atoms with Gasteiger partial charge in [0.15, 0.2) is 0 Å². The predicted octanol–water partition coefficient (Wildman–Crippen LogP) is 3.18. The van der Waals surface area contributed by atoms with Gasteiger partial charge in [-0.1, -0.05) is 11.6 Å². The minimum Gasteiger partial charge on any atom is -0.497 e. The van der Waals surface area contributed by atoms with Crippen LogP contribution in [0.15, 0.2) is 53.5 Å². The number of anilines is 1. The minimum absolute atomic E-state index is 0.396. The van der Waals surface area contributed by atoms with E-state index in [1.54, 1.807) is 56.5 Å². The van der Waals surface area contributed by atoms with E-state index >= 15 is 0 Å². The summed E-state index contributed by atoms with van der Waals surface area (Å²) in [7, 11) is 3.05. The van der Waals surface area contributed by atoms with Crippen molar-refractivity contribution in [1.29, 1.82) is 0 Å². The summed E-state index contributed by atoms with van der Waals surface area (Å²) in [6, 6.07) is 11.0. The molecule has 0 fully saturated rings. The summed E-state index contributed by atoms with van der Waals surface area (Å²) in [5.41, 5.74) is 0.869. The summed E-state index contributed by atoms with van der Waals surface area (Å²) in [6.07, 6.45) is 1.44. The first-order chi connectivity index (χ1) is 13.9. The number of nitrogens with one attached hydrogen (secondary N) is 1. The number of rotatable bonds is 6. The molecule has 1 N–H and O–H groups in total. The van der Waals surface area contributed by atoms with Crippen LogP contribution in [0.25, 0.3) is 11.3 Å². The lowest BCUT2D eigenvalue weighted by Crippen LogP contribution is -2.34. The number of halogens is 1. The Kier molecular flexibility index (Phi) is 6.13. The van der Waals surface area contributed by atoms with E-state index in [4.69, 9.17) is 21.1 Å². The van der Waals surface area contributed by atoms with Crippen LogP contribution in [0.1, 0.15) is 13.0 Å². The topological polar surface area (TPSA) is 95.3 Å². The molecule has 9 heteroatoms. The van der Waals surface area contributed by atoms with E-state index in [0.717, 1.165) is 4.68 Å². The van der Waals surface area contributed by atoms with E-state index in [1.165, 1.54) is 13.3 Å². The number of carbonyl (C=O) groups excluding carboxylic acids is 1. The number of benzene rings is 2. The maximum Gasteiger partial charge on any atom is 0.365 e. The van der Waals surface area contributed by atoms with Gasteiger partial charge in [-0.05, 0) is 49.4 Å². The maximum atomic E-state index is 12.6. The Balaban J connectivity index is 1.82. The van der Waals surface area contributed by atoms with Gasteiger partial charge in [0.05, 0.1) is 31.8 Å². The second-order valence-corrected chi connectivity index (χ2v) is 6.54. The van der Waals surface area contributed by atoms with Crippen LogP contribution in [-0.2, 0) is 4.79 Å². The summed E-state index contributed by atoms with van der Waals surface area (Å²) in [4.78, 5) is 29.1. The molecule has 1 unspecified atom stereocenters. The van der Waals surface area contributed by atoms with Gasteiger partial charge in [-0.3, -0.25) is 4.79 Å². The molecule has 0 bridgehead atoms. The number of methoxy groups -OCH3 is 2. The Morgan fingerprint density at radius 1 is 1.14 bits per heavy atom. The molecule has 1 aromatic heterocycles. The summed E-state index contributed by atoms with van der Waals surface area (Å²) < 4.78 is 11.3. The van der Waals surface area contributed by atoms with Crippen LogP contribution in [0.4, 0.5) is 5.69 Å². The highest BCUT2D eigenvalue weighted by molar-refractivity contribution is 6.31. The third-order valence-electron chi connectivity index (χ3n) is 4.27. The zero-order valence-electron chi connectivity index (χ0n) is 16.0. The summed E-state index contributed by atoms with van der Waals surface area (Å²) >= 11 is 5.98. The highest BCUT2D eigenvalue weighted by Crippen LogP contribution is 2.28. The molecule has 0 aliphatic rings. The van der Waals surface area contributed by atoms with Crippen molar-refractivity contribution in [2.24, 2.45) is 0 Å². The fourth-order valence-electron chi connectivity index (χ4n) is 2.64. The highest BCUT2D eigenvalue weighted by Gasteiger charge is 2.20. The number of amides is 1. The molecule has 0 saturated heterocycles. The van der Waals surface area contributed by atoms with Crippen LogP contribution in [-0.4, -0.2) is 34.9 Å². The monoisotopic (exact) mass is 414 g/mol. The first-order valence-corrected chi connectivity index (χ1v) is 9.05. The molecule has 1 atom stereocenters. The number of hydrogen-bond acceptors (Lipinski definition) is 6. The van der Waals surface area contributed by atoms with Crippen molar-refractivity contribution in [2.75, 3.05) is 19.5 Å². The lowest BCUT2D eigenvalue weighted by Gasteiger charge is -2.15. The van der Waals surface area contributed by atoms with E-state index in [-0.39, 0.29) is 0 Å². The van der Waals surface area contributed by atoms with Gasteiger partial charge in [0.1, 0.15) is 17.5 Å². The van der Waals surface area contributed by atoms with E-state index in [9.17, 15) is 9.59 Å². The molecule has 1 amide bonds. The smallest absolute Gasteiger partial charge is 0.365 e.